The molecule has 0 saturated carbocycles. The number of benzene rings is 2. The number of halogens is 3. The Labute approximate surface area is 119 Å². The Morgan fingerprint density at radius 1 is 1.21 bits per heavy atom. The Kier molecular flexibility index (Phi) is 3.97. The molecule has 0 spiro atoms. The zero-order valence-electron chi connectivity index (χ0n) is 9.58. The molecule has 0 radical (unpaired) electrons. The maximum Gasteiger partial charge on any atom is 0.148 e. The van der Waals surface area contributed by atoms with E-state index in [9.17, 15) is 8.78 Å². The van der Waals surface area contributed by atoms with E-state index in [-0.39, 0.29) is 21.3 Å². The van der Waals surface area contributed by atoms with Gasteiger partial charge >= 0.3 is 0 Å². The zero-order chi connectivity index (χ0) is 14.0. The molecule has 0 saturated heterocycles. The molecule has 98 valence electrons. The largest absolute Gasteiger partial charge is 0.389 e. The summed E-state index contributed by atoms with van der Waals surface area (Å²) in [5.74, 6) is -1.00. The van der Waals surface area contributed by atoms with Crippen LogP contribution >= 0.6 is 23.8 Å². The van der Waals surface area contributed by atoms with E-state index in [1.54, 1.807) is 0 Å². The lowest BCUT2D eigenvalue weighted by Crippen LogP contribution is -2.12. The summed E-state index contributed by atoms with van der Waals surface area (Å²) >= 11 is 10.7. The number of hydrogen-bond acceptors (Lipinski definition) is 2. The SMILES string of the molecule is NC(=S)c1cc(F)ccc1Nc1c(F)cccc1Cl. The molecule has 0 unspecified atom stereocenters. The maximum absolute atomic E-state index is 13.7. The van der Waals surface area contributed by atoms with Crippen LogP contribution in [0.15, 0.2) is 36.4 Å². The predicted octanol–water partition coefficient (Wildman–Crippen LogP) is 4.00. The summed E-state index contributed by atoms with van der Waals surface area (Å²) in [4.78, 5) is 0.00876. The fourth-order valence-corrected chi connectivity index (χ4v) is 1.96. The van der Waals surface area contributed by atoms with Crippen LogP contribution in [0.25, 0.3) is 0 Å². The van der Waals surface area contributed by atoms with E-state index in [0.29, 0.717) is 5.69 Å². The Balaban J connectivity index is 2.47. The first kappa shape index (κ1) is 13.7. The second kappa shape index (κ2) is 5.50. The van der Waals surface area contributed by atoms with Gasteiger partial charge in [0.15, 0.2) is 0 Å². The van der Waals surface area contributed by atoms with Crippen LogP contribution < -0.4 is 11.1 Å². The monoisotopic (exact) mass is 298 g/mol. The summed E-state index contributed by atoms with van der Waals surface area (Å²) < 4.78 is 26.8. The minimum Gasteiger partial charge on any atom is -0.389 e. The lowest BCUT2D eigenvalue weighted by Gasteiger charge is -2.13. The van der Waals surface area contributed by atoms with Gasteiger partial charge in [-0.25, -0.2) is 8.78 Å². The summed E-state index contributed by atoms with van der Waals surface area (Å²) in [7, 11) is 0. The Morgan fingerprint density at radius 3 is 2.58 bits per heavy atom. The number of anilines is 2. The van der Waals surface area contributed by atoms with E-state index in [4.69, 9.17) is 29.6 Å². The summed E-state index contributed by atoms with van der Waals surface area (Å²) in [5, 5.41) is 2.98. The molecule has 0 atom stereocenters. The molecule has 19 heavy (non-hydrogen) atoms. The number of nitrogens with two attached hydrogens (primary N) is 1. The van der Waals surface area contributed by atoms with Gasteiger partial charge in [-0.1, -0.05) is 29.9 Å². The molecule has 2 nitrogen and oxygen atoms in total. The van der Waals surface area contributed by atoms with Crippen molar-refractivity contribution in [2.75, 3.05) is 5.32 Å². The van der Waals surface area contributed by atoms with Gasteiger partial charge in [0.1, 0.15) is 16.6 Å². The molecule has 0 aliphatic carbocycles. The number of para-hydroxylation sites is 1. The molecule has 0 aromatic heterocycles. The molecule has 2 aromatic rings. The van der Waals surface area contributed by atoms with Crippen molar-refractivity contribution in [3.8, 4) is 0 Å². The highest BCUT2D eigenvalue weighted by Crippen LogP contribution is 2.29. The van der Waals surface area contributed by atoms with Crippen molar-refractivity contribution in [2.24, 2.45) is 5.73 Å². The molecule has 0 aliphatic rings. The second-order valence-electron chi connectivity index (χ2n) is 3.78. The van der Waals surface area contributed by atoms with Gasteiger partial charge in [-0.3, -0.25) is 0 Å². The molecule has 0 amide bonds. The minimum absolute atomic E-state index is 0.00876. The van der Waals surface area contributed by atoms with E-state index >= 15 is 0 Å². The van der Waals surface area contributed by atoms with Gasteiger partial charge < -0.3 is 11.1 Å². The van der Waals surface area contributed by atoms with Crippen LogP contribution in [0.5, 0.6) is 0 Å². The second-order valence-corrected chi connectivity index (χ2v) is 4.62. The number of thiocarbonyl (C=S) groups is 1. The van der Waals surface area contributed by atoms with Crippen molar-refractivity contribution in [1.82, 2.24) is 0 Å². The van der Waals surface area contributed by atoms with Crippen molar-refractivity contribution in [2.45, 2.75) is 0 Å². The fourth-order valence-electron chi connectivity index (χ4n) is 1.58. The van der Waals surface area contributed by atoms with Gasteiger partial charge in [-0.15, -0.1) is 0 Å². The average Bonchev–Trinajstić information content (AvgIpc) is 2.35. The third-order valence-corrected chi connectivity index (χ3v) is 3.00. The van der Waals surface area contributed by atoms with Crippen molar-refractivity contribution in [1.29, 1.82) is 0 Å². The highest BCUT2D eigenvalue weighted by atomic mass is 35.5. The smallest absolute Gasteiger partial charge is 0.148 e. The Morgan fingerprint density at radius 2 is 1.95 bits per heavy atom. The van der Waals surface area contributed by atoms with Gasteiger partial charge in [0, 0.05) is 11.3 Å². The van der Waals surface area contributed by atoms with Crippen LogP contribution in [-0.2, 0) is 0 Å². The molecule has 0 aliphatic heterocycles. The topological polar surface area (TPSA) is 38.0 Å². The highest BCUT2D eigenvalue weighted by Gasteiger charge is 2.11. The van der Waals surface area contributed by atoms with E-state index in [0.717, 1.165) is 0 Å². The number of rotatable bonds is 3. The highest BCUT2D eigenvalue weighted by molar-refractivity contribution is 7.80. The predicted molar refractivity (Wildman–Crippen MR) is 77.0 cm³/mol. The Bertz CT molecular complexity index is 626. The first-order chi connectivity index (χ1) is 8.99. The molecule has 2 aromatic carbocycles. The molecule has 3 N–H and O–H groups in total. The number of hydrogen-bond donors (Lipinski definition) is 2. The lowest BCUT2D eigenvalue weighted by atomic mass is 10.1. The molecule has 6 heteroatoms. The summed E-state index contributed by atoms with van der Waals surface area (Å²) in [6.45, 7) is 0. The Hall–Kier alpha value is -1.72. The van der Waals surface area contributed by atoms with E-state index in [1.807, 2.05) is 0 Å². The van der Waals surface area contributed by atoms with E-state index in [2.05, 4.69) is 5.32 Å². The van der Waals surface area contributed by atoms with Crippen molar-refractivity contribution < 1.29 is 8.78 Å². The van der Waals surface area contributed by atoms with Gasteiger partial charge in [-0.2, -0.15) is 0 Å². The molecule has 2 rings (SSSR count). The first-order valence-electron chi connectivity index (χ1n) is 5.29. The van der Waals surface area contributed by atoms with Crippen molar-refractivity contribution in [3.63, 3.8) is 0 Å². The summed E-state index contributed by atoms with van der Waals surface area (Å²) in [6, 6.07) is 8.11. The lowest BCUT2D eigenvalue weighted by molar-refractivity contribution is 0.627. The van der Waals surface area contributed by atoms with Crippen molar-refractivity contribution in [3.05, 3.63) is 58.6 Å². The molecule has 0 fully saturated rings. The van der Waals surface area contributed by atoms with Crippen LogP contribution in [0.3, 0.4) is 0 Å². The average molecular weight is 299 g/mol. The molecule has 0 heterocycles. The minimum atomic E-state index is -0.522. The molecular formula is C13H9ClF2N2S. The summed E-state index contributed by atoms with van der Waals surface area (Å²) in [5.41, 5.74) is 6.28. The third-order valence-electron chi connectivity index (χ3n) is 2.47. The van der Waals surface area contributed by atoms with Crippen LogP contribution in [0.1, 0.15) is 5.56 Å². The standard InChI is InChI=1S/C13H9ClF2N2S/c14-9-2-1-3-10(16)12(9)18-11-5-4-7(15)6-8(11)13(17)19/h1-6,18H,(H2,17,19). The van der Waals surface area contributed by atoms with Crippen LogP contribution in [0.2, 0.25) is 5.02 Å². The van der Waals surface area contributed by atoms with Gasteiger partial charge in [0.2, 0.25) is 0 Å². The van der Waals surface area contributed by atoms with E-state index < -0.39 is 11.6 Å². The quantitative estimate of drug-likeness (QED) is 0.841. The van der Waals surface area contributed by atoms with E-state index in [1.165, 1.54) is 36.4 Å². The zero-order valence-corrected chi connectivity index (χ0v) is 11.2. The van der Waals surface area contributed by atoms with Crippen LogP contribution in [0.4, 0.5) is 20.2 Å². The van der Waals surface area contributed by atoms with Gasteiger partial charge in [0.05, 0.1) is 10.7 Å². The first-order valence-corrected chi connectivity index (χ1v) is 6.08. The van der Waals surface area contributed by atoms with Gasteiger partial charge in [0.25, 0.3) is 0 Å². The molecule has 0 bridgehead atoms. The van der Waals surface area contributed by atoms with Crippen LogP contribution in [-0.4, -0.2) is 4.99 Å². The summed E-state index contributed by atoms with van der Waals surface area (Å²) in [6.07, 6.45) is 0. The molecular weight excluding hydrogens is 290 g/mol. The van der Waals surface area contributed by atoms with Gasteiger partial charge in [-0.05, 0) is 30.3 Å². The van der Waals surface area contributed by atoms with Crippen molar-refractivity contribution >= 4 is 40.2 Å². The normalized spacial score (nSPS) is 10.3. The number of nitrogens with one attached hydrogen (secondary N) is 1. The third kappa shape index (κ3) is 3.00. The van der Waals surface area contributed by atoms with Crippen LogP contribution in [0, 0.1) is 11.6 Å². The maximum atomic E-state index is 13.7. The fraction of sp³-hybridized carbons (Fsp3) is 0.